The first-order valence-electron chi connectivity index (χ1n) is 5.93. The first-order valence-corrected chi connectivity index (χ1v) is 6.75. The van der Waals surface area contributed by atoms with Gasteiger partial charge in [0.15, 0.2) is 10.8 Å². The van der Waals surface area contributed by atoms with Crippen molar-refractivity contribution in [1.29, 1.82) is 0 Å². The van der Waals surface area contributed by atoms with Crippen molar-refractivity contribution in [3.63, 3.8) is 0 Å². The van der Waals surface area contributed by atoms with E-state index in [-0.39, 0.29) is 5.69 Å². The highest BCUT2D eigenvalue weighted by atomic mass is 32.2. The van der Waals surface area contributed by atoms with Crippen molar-refractivity contribution in [3.05, 3.63) is 16.8 Å². The molecule has 0 spiro atoms. The van der Waals surface area contributed by atoms with Crippen molar-refractivity contribution < 1.29 is 0 Å². The molecule has 0 aromatic carbocycles. The zero-order valence-electron chi connectivity index (χ0n) is 10.8. The van der Waals surface area contributed by atoms with Gasteiger partial charge in [0.05, 0.1) is 6.33 Å². The molecule has 104 valence electrons. The van der Waals surface area contributed by atoms with Gasteiger partial charge >= 0.3 is 5.69 Å². The molecule has 0 saturated heterocycles. The van der Waals surface area contributed by atoms with E-state index in [1.165, 1.54) is 16.3 Å². The van der Waals surface area contributed by atoms with Crippen molar-refractivity contribution in [3.8, 4) is 0 Å². The van der Waals surface area contributed by atoms with Crippen LogP contribution in [-0.4, -0.2) is 41.2 Å². The third-order valence-electron chi connectivity index (χ3n) is 2.61. The molecule has 0 amide bonds. The van der Waals surface area contributed by atoms with E-state index in [0.29, 0.717) is 33.8 Å². The lowest BCUT2D eigenvalue weighted by molar-refractivity contribution is 0.765. The van der Waals surface area contributed by atoms with Crippen LogP contribution >= 0.6 is 11.8 Å². The van der Waals surface area contributed by atoms with E-state index in [2.05, 4.69) is 35.5 Å². The van der Waals surface area contributed by atoms with Crippen molar-refractivity contribution in [2.24, 2.45) is 7.05 Å². The Kier molecular flexibility index (Phi) is 3.14. The minimum atomic E-state index is -0.269. The number of hydrogen-bond acceptors (Lipinski definition) is 7. The SMILES string of the molecule is CCNc1nc(Sc2n[nH]c(=O)n2C)c2[nH]cnc2n1. The van der Waals surface area contributed by atoms with Gasteiger partial charge in [-0.15, -0.1) is 5.10 Å². The lowest BCUT2D eigenvalue weighted by atomic mass is 10.5. The number of nitrogens with one attached hydrogen (secondary N) is 3. The monoisotopic (exact) mass is 292 g/mol. The third-order valence-corrected chi connectivity index (χ3v) is 3.65. The second-order valence-corrected chi connectivity index (χ2v) is 4.91. The summed E-state index contributed by atoms with van der Waals surface area (Å²) in [6.45, 7) is 2.67. The van der Waals surface area contributed by atoms with Crippen molar-refractivity contribution in [2.75, 3.05) is 11.9 Å². The topological polar surface area (TPSA) is 117 Å². The minimum absolute atomic E-state index is 0.269. The van der Waals surface area contributed by atoms with Crippen LogP contribution in [0.1, 0.15) is 6.92 Å². The number of anilines is 1. The van der Waals surface area contributed by atoms with E-state index < -0.39 is 0 Å². The van der Waals surface area contributed by atoms with E-state index >= 15 is 0 Å². The molecule has 0 aliphatic heterocycles. The number of aromatic amines is 2. The summed E-state index contributed by atoms with van der Waals surface area (Å²) in [6.07, 6.45) is 1.56. The fourth-order valence-corrected chi connectivity index (χ4v) is 2.50. The van der Waals surface area contributed by atoms with Crippen molar-refractivity contribution in [1.82, 2.24) is 34.7 Å². The molecule has 0 bridgehead atoms. The summed E-state index contributed by atoms with van der Waals surface area (Å²) in [5, 5.41) is 10.6. The zero-order chi connectivity index (χ0) is 14.1. The zero-order valence-corrected chi connectivity index (χ0v) is 11.7. The molecular weight excluding hydrogens is 280 g/mol. The number of nitrogens with zero attached hydrogens (tertiary/aromatic N) is 5. The van der Waals surface area contributed by atoms with Crippen LogP contribution in [0.2, 0.25) is 0 Å². The van der Waals surface area contributed by atoms with Crippen LogP contribution in [0.25, 0.3) is 11.2 Å². The van der Waals surface area contributed by atoms with E-state index in [0.717, 1.165) is 0 Å². The fourth-order valence-electron chi connectivity index (χ4n) is 1.63. The number of hydrogen-bond donors (Lipinski definition) is 3. The normalized spacial score (nSPS) is 11.1. The minimum Gasteiger partial charge on any atom is -0.354 e. The predicted octanol–water partition coefficient (Wildman–Crippen LogP) is 0.358. The molecule has 0 atom stereocenters. The summed E-state index contributed by atoms with van der Waals surface area (Å²) in [5.41, 5.74) is 1.01. The van der Waals surface area contributed by atoms with Gasteiger partial charge in [-0.3, -0.25) is 4.57 Å². The molecule has 0 unspecified atom stereocenters. The number of fused-ring (bicyclic) bond motifs is 1. The third kappa shape index (κ3) is 2.13. The van der Waals surface area contributed by atoms with Crippen LogP contribution < -0.4 is 11.0 Å². The van der Waals surface area contributed by atoms with E-state index in [4.69, 9.17) is 0 Å². The first kappa shape index (κ1) is 12.7. The molecule has 0 aliphatic carbocycles. The average Bonchev–Trinajstić information content (AvgIpc) is 3.01. The molecule has 20 heavy (non-hydrogen) atoms. The Morgan fingerprint density at radius 3 is 3.00 bits per heavy atom. The summed E-state index contributed by atoms with van der Waals surface area (Å²) in [6, 6.07) is 0. The average molecular weight is 292 g/mol. The summed E-state index contributed by atoms with van der Waals surface area (Å²) in [4.78, 5) is 27.2. The lowest BCUT2D eigenvalue weighted by Gasteiger charge is -2.05. The summed E-state index contributed by atoms with van der Waals surface area (Å²) < 4.78 is 1.42. The molecule has 0 aliphatic rings. The summed E-state index contributed by atoms with van der Waals surface area (Å²) in [5.74, 6) is 0.495. The number of imidazole rings is 1. The Morgan fingerprint density at radius 2 is 2.30 bits per heavy atom. The summed E-state index contributed by atoms with van der Waals surface area (Å²) in [7, 11) is 1.64. The molecule has 3 heterocycles. The van der Waals surface area contributed by atoms with Gasteiger partial charge in [-0.25, -0.2) is 19.9 Å². The van der Waals surface area contributed by atoms with Gasteiger partial charge in [0.2, 0.25) is 5.95 Å². The van der Waals surface area contributed by atoms with E-state index in [9.17, 15) is 4.79 Å². The van der Waals surface area contributed by atoms with Crippen LogP contribution in [0.5, 0.6) is 0 Å². The van der Waals surface area contributed by atoms with Gasteiger partial charge in [-0.2, -0.15) is 4.98 Å². The van der Waals surface area contributed by atoms with Crippen LogP contribution in [0.3, 0.4) is 0 Å². The van der Waals surface area contributed by atoms with Crippen LogP contribution in [0, 0.1) is 0 Å². The van der Waals surface area contributed by atoms with Gasteiger partial charge in [0.1, 0.15) is 10.5 Å². The molecule has 3 rings (SSSR count). The number of H-pyrrole nitrogens is 2. The maximum absolute atomic E-state index is 11.4. The maximum Gasteiger partial charge on any atom is 0.343 e. The molecule has 3 aromatic heterocycles. The predicted molar refractivity (Wildman–Crippen MR) is 73.8 cm³/mol. The molecular formula is C10H12N8OS. The van der Waals surface area contributed by atoms with Crippen molar-refractivity contribution in [2.45, 2.75) is 17.1 Å². The highest BCUT2D eigenvalue weighted by molar-refractivity contribution is 7.99. The molecule has 10 heteroatoms. The largest absolute Gasteiger partial charge is 0.354 e. The Labute approximate surface area is 117 Å². The highest BCUT2D eigenvalue weighted by Crippen LogP contribution is 2.28. The van der Waals surface area contributed by atoms with Crippen LogP contribution in [0.15, 0.2) is 21.3 Å². The van der Waals surface area contributed by atoms with Crippen LogP contribution in [-0.2, 0) is 7.05 Å². The highest BCUT2D eigenvalue weighted by Gasteiger charge is 2.14. The van der Waals surface area contributed by atoms with Gasteiger partial charge in [-0.1, -0.05) is 0 Å². The van der Waals surface area contributed by atoms with Gasteiger partial charge in [-0.05, 0) is 18.7 Å². The Hall–Kier alpha value is -2.36. The molecule has 0 saturated carbocycles. The second-order valence-electron chi connectivity index (χ2n) is 3.96. The van der Waals surface area contributed by atoms with Gasteiger partial charge in [0, 0.05) is 13.6 Å². The summed E-state index contributed by atoms with van der Waals surface area (Å²) >= 11 is 1.27. The standard InChI is InChI=1S/C10H12N8OS/c1-3-11-8-14-6-5(12-4-13-6)7(15-8)20-10-17-16-9(19)18(10)2/h4H,3H2,1-2H3,(H,16,19)(H2,11,12,13,14,15). The Bertz CT molecular complexity index is 803. The lowest BCUT2D eigenvalue weighted by Crippen LogP contribution is -2.12. The number of aromatic nitrogens is 7. The quantitative estimate of drug-likeness (QED) is 0.594. The Morgan fingerprint density at radius 1 is 1.45 bits per heavy atom. The molecule has 9 nitrogen and oxygen atoms in total. The Balaban J connectivity index is 2.07. The smallest absolute Gasteiger partial charge is 0.343 e. The number of rotatable bonds is 4. The molecule has 0 fully saturated rings. The van der Waals surface area contributed by atoms with Gasteiger partial charge < -0.3 is 10.3 Å². The molecule has 3 N–H and O–H groups in total. The molecule has 3 aromatic rings. The fraction of sp³-hybridized carbons (Fsp3) is 0.300. The molecule has 0 radical (unpaired) electrons. The van der Waals surface area contributed by atoms with Crippen LogP contribution in [0.4, 0.5) is 5.95 Å². The maximum atomic E-state index is 11.4. The van der Waals surface area contributed by atoms with Gasteiger partial charge in [0.25, 0.3) is 0 Å². The first-order chi connectivity index (χ1) is 9.69. The van der Waals surface area contributed by atoms with Crippen molar-refractivity contribution >= 4 is 28.9 Å². The van der Waals surface area contributed by atoms with E-state index in [1.807, 2.05) is 6.92 Å². The second kappa shape index (κ2) is 4.96. The van der Waals surface area contributed by atoms with E-state index in [1.54, 1.807) is 13.4 Å².